The van der Waals surface area contributed by atoms with Gasteiger partial charge in [0.25, 0.3) is 5.91 Å². The van der Waals surface area contributed by atoms with Gasteiger partial charge in [-0.3, -0.25) is 9.59 Å². The predicted molar refractivity (Wildman–Crippen MR) is 149 cm³/mol. The lowest BCUT2D eigenvalue weighted by molar-refractivity contribution is -0.113. The molecule has 9 nitrogen and oxygen atoms in total. The van der Waals surface area contributed by atoms with Crippen LogP contribution in [0, 0.1) is 5.92 Å². The highest BCUT2D eigenvalue weighted by atomic mass is 35.5. The van der Waals surface area contributed by atoms with Crippen LogP contribution in [0.15, 0.2) is 60.3 Å². The smallest absolute Gasteiger partial charge is 0.337 e. The van der Waals surface area contributed by atoms with Crippen molar-refractivity contribution in [1.82, 2.24) is 20.1 Å². The van der Waals surface area contributed by atoms with Crippen molar-refractivity contribution in [3.63, 3.8) is 0 Å². The summed E-state index contributed by atoms with van der Waals surface area (Å²) in [7, 11) is 1.30. The fourth-order valence-electron chi connectivity index (χ4n) is 3.49. The van der Waals surface area contributed by atoms with Crippen LogP contribution in [0.2, 0.25) is 10.0 Å². The SMILES string of the molecule is C=CCn1c(SCC(=O)Nc2ccc(C(=O)OC)cc2)nnc1[C@H](NC(=O)c1ccc(Cl)cc1Cl)C(C)C. The fourth-order valence-corrected chi connectivity index (χ4v) is 4.74. The molecule has 0 fully saturated rings. The summed E-state index contributed by atoms with van der Waals surface area (Å²) in [6, 6.07) is 10.6. The minimum atomic E-state index is -0.488. The second-order valence-corrected chi connectivity index (χ2v) is 10.3. The summed E-state index contributed by atoms with van der Waals surface area (Å²) in [6.45, 7) is 8.09. The molecule has 0 bridgehead atoms. The van der Waals surface area contributed by atoms with Gasteiger partial charge in [-0.25, -0.2) is 4.79 Å². The maximum Gasteiger partial charge on any atom is 0.337 e. The zero-order valence-electron chi connectivity index (χ0n) is 21.0. The highest BCUT2D eigenvalue weighted by molar-refractivity contribution is 7.99. The lowest BCUT2D eigenvalue weighted by atomic mass is 10.0. The van der Waals surface area contributed by atoms with Gasteiger partial charge in [0.1, 0.15) is 0 Å². The first-order valence-electron chi connectivity index (χ1n) is 11.6. The van der Waals surface area contributed by atoms with Gasteiger partial charge in [0.05, 0.1) is 35.1 Å². The number of hydrogen-bond acceptors (Lipinski definition) is 7. The molecule has 1 heterocycles. The molecular weight excluding hydrogens is 549 g/mol. The number of carbonyl (C=O) groups excluding carboxylic acids is 3. The Bertz CT molecular complexity index is 1330. The number of nitrogens with zero attached hydrogens (tertiary/aromatic N) is 3. The molecule has 0 aliphatic carbocycles. The van der Waals surface area contributed by atoms with Gasteiger partial charge in [0.2, 0.25) is 5.91 Å². The standard InChI is InChI=1S/C26H27Cl2N5O4S/c1-5-12-33-23(22(15(2)3)30-24(35)19-11-8-17(27)13-20(19)28)31-32-26(33)38-14-21(34)29-18-9-6-16(7-10-18)25(36)37-4/h5-11,13,15,22H,1,12,14H2,2-4H3,(H,29,34)(H,30,35)/t22-/m1/s1. The maximum absolute atomic E-state index is 13.0. The highest BCUT2D eigenvalue weighted by Crippen LogP contribution is 2.27. The molecule has 1 atom stereocenters. The molecule has 3 rings (SSSR count). The molecule has 200 valence electrons. The van der Waals surface area contributed by atoms with Gasteiger partial charge in [0, 0.05) is 17.3 Å². The van der Waals surface area contributed by atoms with E-state index in [-0.39, 0.29) is 28.5 Å². The number of benzene rings is 2. The summed E-state index contributed by atoms with van der Waals surface area (Å²) in [5, 5.41) is 15.6. The normalized spacial score (nSPS) is 11.6. The minimum absolute atomic E-state index is 0.0353. The number of rotatable bonds is 11. The largest absolute Gasteiger partial charge is 0.465 e. The molecule has 12 heteroatoms. The lowest BCUT2D eigenvalue weighted by Crippen LogP contribution is -2.34. The second kappa shape index (κ2) is 13.5. The molecule has 2 N–H and O–H groups in total. The van der Waals surface area contributed by atoms with Gasteiger partial charge < -0.3 is 19.9 Å². The van der Waals surface area contributed by atoms with Gasteiger partial charge in [0.15, 0.2) is 11.0 Å². The third-order valence-corrected chi connectivity index (χ3v) is 6.90. The molecular formula is C26H27Cl2N5O4S. The van der Waals surface area contributed by atoms with Gasteiger partial charge in [-0.05, 0) is 48.4 Å². The van der Waals surface area contributed by atoms with Crippen LogP contribution < -0.4 is 10.6 Å². The number of amides is 2. The number of methoxy groups -OCH3 is 1. The molecule has 2 amide bonds. The Balaban J connectivity index is 1.72. The fraction of sp³-hybridized carbons (Fsp3) is 0.269. The average molecular weight is 577 g/mol. The van der Waals surface area contributed by atoms with Crippen molar-refractivity contribution in [3.8, 4) is 0 Å². The van der Waals surface area contributed by atoms with E-state index in [2.05, 4.69) is 32.1 Å². The number of thioether (sulfide) groups is 1. The number of carbonyl (C=O) groups is 3. The maximum atomic E-state index is 13.0. The monoisotopic (exact) mass is 575 g/mol. The van der Waals surface area contributed by atoms with Crippen LogP contribution in [0.1, 0.15) is 46.4 Å². The van der Waals surface area contributed by atoms with E-state index in [0.717, 1.165) is 0 Å². The minimum Gasteiger partial charge on any atom is -0.465 e. The van der Waals surface area contributed by atoms with E-state index in [4.69, 9.17) is 23.2 Å². The lowest BCUT2D eigenvalue weighted by Gasteiger charge is -2.23. The predicted octanol–water partition coefficient (Wildman–Crippen LogP) is 5.42. The van der Waals surface area contributed by atoms with E-state index < -0.39 is 12.0 Å². The van der Waals surface area contributed by atoms with Crippen molar-refractivity contribution in [3.05, 3.63) is 82.1 Å². The van der Waals surface area contributed by atoms with Crippen LogP contribution in [-0.2, 0) is 16.1 Å². The molecule has 38 heavy (non-hydrogen) atoms. The van der Waals surface area contributed by atoms with Crippen molar-refractivity contribution in [2.24, 2.45) is 5.92 Å². The number of ether oxygens (including phenoxy) is 1. The van der Waals surface area contributed by atoms with E-state index in [9.17, 15) is 14.4 Å². The summed E-state index contributed by atoms with van der Waals surface area (Å²) >= 11 is 13.4. The van der Waals surface area contributed by atoms with Crippen LogP contribution in [0.4, 0.5) is 5.69 Å². The van der Waals surface area contributed by atoms with E-state index in [1.54, 1.807) is 42.5 Å². The summed E-state index contributed by atoms with van der Waals surface area (Å²) in [6.07, 6.45) is 1.69. The van der Waals surface area contributed by atoms with Crippen molar-refractivity contribution in [2.75, 3.05) is 18.2 Å². The van der Waals surface area contributed by atoms with E-state index in [0.29, 0.717) is 39.4 Å². The number of hydrogen-bond donors (Lipinski definition) is 2. The summed E-state index contributed by atoms with van der Waals surface area (Å²) < 4.78 is 6.49. The van der Waals surface area contributed by atoms with Crippen molar-refractivity contribution in [2.45, 2.75) is 31.6 Å². The second-order valence-electron chi connectivity index (χ2n) is 8.47. The first kappa shape index (κ1) is 29.2. The molecule has 0 aliphatic rings. The number of allylic oxidation sites excluding steroid dienone is 1. The van der Waals surface area contributed by atoms with Crippen molar-refractivity contribution >= 4 is 58.4 Å². The molecule has 1 aromatic heterocycles. The van der Waals surface area contributed by atoms with Gasteiger partial charge in [-0.15, -0.1) is 16.8 Å². The Kier molecular flexibility index (Phi) is 10.3. The van der Waals surface area contributed by atoms with E-state index in [1.165, 1.54) is 24.9 Å². The van der Waals surface area contributed by atoms with Crippen LogP contribution in [0.5, 0.6) is 0 Å². The summed E-state index contributed by atoms with van der Waals surface area (Å²) in [4.78, 5) is 37.1. The summed E-state index contributed by atoms with van der Waals surface area (Å²) in [5.74, 6) is -0.533. The van der Waals surface area contributed by atoms with Crippen LogP contribution in [-0.4, -0.2) is 45.4 Å². The zero-order valence-corrected chi connectivity index (χ0v) is 23.4. The molecule has 0 aliphatic heterocycles. The first-order valence-corrected chi connectivity index (χ1v) is 13.3. The first-order chi connectivity index (χ1) is 18.1. The van der Waals surface area contributed by atoms with Crippen molar-refractivity contribution in [1.29, 1.82) is 0 Å². The van der Waals surface area contributed by atoms with E-state index in [1.807, 2.05) is 18.4 Å². The third kappa shape index (κ3) is 7.37. The Hall–Kier alpha value is -3.34. The Morgan fingerprint density at radius 1 is 1.13 bits per heavy atom. The molecule has 2 aromatic carbocycles. The number of anilines is 1. The molecule has 0 saturated carbocycles. The number of aromatic nitrogens is 3. The Morgan fingerprint density at radius 3 is 2.45 bits per heavy atom. The van der Waals surface area contributed by atoms with Crippen molar-refractivity contribution < 1.29 is 19.1 Å². The van der Waals surface area contributed by atoms with Gasteiger partial charge in [-0.2, -0.15) is 0 Å². The number of halogens is 2. The van der Waals surface area contributed by atoms with Crippen LogP contribution in [0.3, 0.4) is 0 Å². The Labute approximate surface area is 234 Å². The topological polar surface area (TPSA) is 115 Å². The zero-order chi connectivity index (χ0) is 27.8. The average Bonchev–Trinajstić information content (AvgIpc) is 3.27. The van der Waals surface area contributed by atoms with Crippen LogP contribution in [0.25, 0.3) is 0 Å². The Morgan fingerprint density at radius 2 is 1.84 bits per heavy atom. The van der Waals surface area contributed by atoms with Crippen LogP contribution >= 0.6 is 35.0 Å². The molecule has 3 aromatic rings. The quantitative estimate of drug-likeness (QED) is 0.178. The highest BCUT2D eigenvalue weighted by Gasteiger charge is 2.27. The molecule has 0 saturated heterocycles. The van der Waals surface area contributed by atoms with E-state index >= 15 is 0 Å². The number of esters is 1. The van der Waals surface area contributed by atoms with Gasteiger partial charge >= 0.3 is 5.97 Å². The third-order valence-electron chi connectivity index (χ3n) is 5.39. The molecule has 0 radical (unpaired) electrons. The summed E-state index contributed by atoms with van der Waals surface area (Å²) in [5.41, 5.74) is 1.22. The number of nitrogens with one attached hydrogen (secondary N) is 2. The molecule has 0 spiro atoms. The van der Waals surface area contributed by atoms with Gasteiger partial charge in [-0.1, -0.05) is 54.9 Å². The molecule has 0 unspecified atom stereocenters.